The summed E-state index contributed by atoms with van der Waals surface area (Å²) in [5.41, 5.74) is 0. The van der Waals surface area contributed by atoms with Crippen LogP contribution in [0, 0.1) is 11.8 Å². The number of carboxylic acids is 1. The van der Waals surface area contributed by atoms with Crippen molar-refractivity contribution in [1.29, 1.82) is 0 Å². The molecular formula is C11H18N2O3. The zero-order chi connectivity index (χ0) is 11.7. The van der Waals surface area contributed by atoms with Crippen molar-refractivity contribution in [2.45, 2.75) is 25.8 Å². The number of aliphatic carboxylic acids is 1. The van der Waals surface area contributed by atoms with Crippen LogP contribution in [0.25, 0.3) is 0 Å². The SMILES string of the molecule is CC(C(=O)N1CCCC1C(=O)O)C1CNC1. The second-order valence-electron chi connectivity index (χ2n) is 4.73. The number of hydrogen-bond donors (Lipinski definition) is 2. The van der Waals surface area contributed by atoms with Gasteiger partial charge in [0.25, 0.3) is 0 Å². The van der Waals surface area contributed by atoms with Crippen molar-refractivity contribution < 1.29 is 14.7 Å². The lowest BCUT2D eigenvalue weighted by atomic mass is 9.88. The van der Waals surface area contributed by atoms with Gasteiger partial charge in [-0.2, -0.15) is 0 Å². The van der Waals surface area contributed by atoms with E-state index in [0.717, 1.165) is 19.5 Å². The number of likely N-dealkylation sites (tertiary alicyclic amines) is 1. The van der Waals surface area contributed by atoms with Crippen molar-refractivity contribution in [2.75, 3.05) is 19.6 Å². The molecule has 0 aromatic heterocycles. The van der Waals surface area contributed by atoms with E-state index in [2.05, 4.69) is 5.32 Å². The Hall–Kier alpha value is -1.10. The van der Waals surface area contributed by atoms with Gasteiger partial charge in [-0.05, 0) is 31.8 Å². The maximum absolute atomic E-state index is 12.1. The van der Waals surface area contributed by atoms with E-state index in [0.29, 0.717) is 18.9 Å². The first kappa shape index (κ1) is 11.4. The molecule has 0 bridgehead atoms. The van der Waals surface area contributed by atoms with Gasteiger partial charge in [-0.15, -0.1) is 0 Å². The van der Waals surface area contributed by atoms with E-state index in [9.17, 15) is 9.59 Å². The van der Waals surface area contributed by atoms with Crippen LogP contribution in [-0.4, -0.2) is 47.6 Å². The van der Waals surface area contributed by atoms with Gasteiger partial charge in [-0.1, -0.05) is 6.92 Å². The van der Waals surface area contributed by atoms with Crippen LogP contribution < -0.4 is 5.32 Å². The molecule has 2 atom stereocenters. The van der Waals surface area contributed by atoms with E-state index in [4.69, 9.17) is 5.11 Å². The molecule has 5 heteroatoms. The Morgan fingerprint density at radius 1 is 1.44 bits per heavy atom. The molecule has 16 heavy (non-hydrogen) atoms. The molecule has 90 valence electrons. The Morgan fingerprint density at radius 3 is 2.62 bits per heavy atom. The number of amides is 1. The minimum absolute atomic E-state index is 0.0106. The molecule has 2 saturated heterocycles. The molecule has 0 saturated carbocycles. The second-order valence-corrected chi connectivity index (χ2v) is 4.73. The standard InChI is InChI=1S/C11H18N2O3/c1-7(8-5-12-6-8)10(14)13-4-2-3-9(13)11(15)16/h7-9,12H,2-6H2,1H3,(H,15,16). The van der Waals surface area contributed by atoms with Gasteiger partial charge in [-0.3, -0.25) is 4.79 Å². The number of hydrogen-bond acceptors (Lipinski definition) is 3. The van der Waals surface area contributed by atoms with Crippen molar-refractivity contribution in [3.05, 3.63) is 0 Å². The summed E-state index contributed by atoms with van der Waals surface area (Å²) in [5, 5.41) is 12.2. The highest BCUT2D eigenvalue weighted by atomic mass is 16.4. The number of rotatable bonds is 3. The first-order valence-corrected chi connectivity index (χ1v) is 5.85. The molecule has 2 fully saturated rings. The Morgan fingerprint density at radius 2 is 2.12 bits per heavy atom. The number of nitrogens with zero attached hydrogens (tertiary/aromatic N) is 1. The molecule has 2 aliphatic heterocycles. The summed E-state index contributed by atoms with van der Waals surface area (Å²) in [4.78, 5) is 24.7. The molecule has 0 radical (unpaired) electrons. The van der Waals surface area contributed by atoms with Gasteiger partial charge in [0, 0.05) is 12.5 Å². The fourth-order valence-corrected chi connectivity index (χ4v) is 2.41. The van der Waals surface area contributed by atoms with Gasteiger partial charge in [0.1, 0.15) is 6.04 Å². The Bertz CT molecular complexity index is 302. The van der Waals surface area contributed by atoms with Crippen molar-refractivity contribution in [1.82, 2.24) is 10.2 Å². The number of nitrogens with one attached hydrogen (secondary N) is 1. The van der Waals surface area contributed by atoms with E-state index in [1.165, 1.54) is 0 Å². The van der Waals surface area contributed by atoms with E-state index >= 15 is 0 Å². The lowest BCUT2D eigenvalue weighted by molar-refractivity contribution is -0.150. The molecule has 2 unspecified atom stereocenters. The van der Waals surface area contributed by atoms with E-state index < -0.39 is 12.0 Å². The molecule has 1 amide bonds. The first-order valence-electron chi connectivity index (χ1n) is 5.85. The smallest absolute Gasteiger partial charge is 0.326 e. The van der Waals surface area contributed by atoms with Crippen molar-refractivity contribution in [3.63, 3.8) is 0 Å². The van der Waals surface area contributed by atoms with Gasteiger partial charge < -0.3 is 15.3 Å². The summed E-state index contributed by atoms with van der Waals surface area (Å²) in [5.74, 6) is -0.537. The van der Waals surface area contributed by atoms with E-state index in [-0.39, 0.29) is 11.8 Å². The van der Waals surface area contributed by atoms with E-state index in [1.807, 2.05) is 6.92 Å². The van der Waals surface area contributed by atoms with Crippen LogP contribution in [0.15, 0.2) is 0 Å². The van der Waals surface area contributed by atoms with Crippen LogP contribution in [-0.2, 0) is 9.59 Å². The molecule has 2 heterocycles. The molecular weight excluding hydrogens is 208 g/mol. The van der Waals surface area contributed by atoms with E-state index in [1.54, 1.807) is 4.90 Å². The molecule has 2 aliphatic rings. The molecule has 2 rings (SSSR count). The fourth-order valence-electron chi connectivity index (χ4n) is 2.41. The Labute approximate surface area is 94.8 Å². The van der Waals surface area contributed by atoms with Gasteiger partial charge in [0.05, 0.1) is 0 Å². The predicted molar refractivity (Wildman–Crippen MR) is 57.9 cm³/mol. The summed E-state index contributed by atoms with van der Waals surface area (Å²) in [7, 11) is 0. The monoisotopic (exact) mass is 226 g/mol. The maximum atomic E-state index is 12.1. The number of carboxylic acid groups (broad SMARTS) is 1. The highest BCUT2D eigenvalue weighted by molar-refractivity contribution is 5.85. The minimum atomic E-state index is -0.871. The van der Waals surface area contributed by atoms with Crippen LogP contribution in [0.1, 0.15) is 19.8 Å². The minimum Gasteiger partial charge on any atom is -0.480 e. The van der Waals surface area contributed by atoms with Crippen LogP contribution in [0.3, 0.4) is 0 Å². The van der Waals surface area contributed by atoms with Crippen LogP contribution in [0.2, 0.25) is 0 Å². The summed E-state index contributed by atoms with van der Waals surface area (Å²) < 4.78 is 0. The second kappa shape index (κ2) is 4.41. The Balaban J connectivity index is 1.99. The van der Waals surface area contributed by atoms with Crippen LogP contribution >= 0.6 is 0 Å². The van der Waals surface area contributed by atoms with Crippen molar-refractivity contribution in [3.8, 4) is 0 Å². The van der Waals surface area contributed by atoms with Gasteiger partial charge in [0.2, 0.25) is 5.91 Å². The largest absolute Gasteiger partial charge is 0.480 e. The van der Waals surface area contributed by atoms with Gasteiger partial charge in [0.15, 0.2) is 0 Å². The highest BCUT2D eigenvalue weighted by Crippen LogP contribution is 2.24. The molecule has 0 aliphatic carbocycles. The third kappa shape index (κ3) is 1.91. The predicted octanol–water partition coefficient (Wildman–Crippen LogP) is -0.0825. The third-order valence-electron chi connectivity index (χ3n) is 3.73. The zero-order valence-corrected chi connectivity index (χ0v) is 9.48. The highest BCUT2D eigenvalue weighted by Gasteiger charge is 2.38. The number of carbonyl (C=O) groups excluding carboxylic acids is 1. The normalized spacial score (nSPS) is 27.6. The molecule has 0 spiro atoms. The molecule has 0 aromatic rings. The van der Waals surface area contributed by atoms with Crippen molar-refractivity contribution in [2.24, 2.45) is 11.8 Å². The summed E-state index contributed by atoms with van der Waals surface area (Å²) in [6, 6.07) is -0.594. The topological polar surface area (TPSA) is 69.6 Å². The Kier molecular flexibility index (Phi) is 3.14. The third-order valence-corrected chi connectivity index (χ3v) is 3.73. The first-order chi connectivity index (χ1) is 7.61. The average molecular weight is 226 g/mol. The quantitative estimate of drug-likeness (QED) is 0.706. The van der Waals surface area contributed by atoms with Crippen LogP contribution in [0.4, 0.5) is 0 Å². The average Bonchev–Trinajstić information content (AvgIpc) is 2.61. The lowest BCUT2D eigenvalue weighted by Crippen LogP contribution is -2.52. The fraction of sp³-hybridized carbons (Fsp3) is 0.818. The van der Waals surface area contributed by atoms with Crippen molar-refractivity contribution >= 4 is 11.9 Å². The van der Waals surface area contributed by atoms with Crippen LogP contribution in [0.5, 0.6) is 0 Å². The summed E-state index contributed by atoms with van der Waals surface area (Å²) in [6.07, 6.45) is 1.40. The summed E-state index contributed by atoms with van der Waals surface area (Å²) >= 11 is 0. The molecule has 2 N–H and O–H groups in total. The lowest BCUT2D eigenvalue weighted by Gasteiger charge is -2.34. The van der Waals surface area contributed by atoms with Gasteiger partial charge in [-0.25, -0.2) is 4.79 Å². The van der Waals surface area contributed by atoms with Gasteiger partial charge >= 0.3 is 5.97 Å². The molecule has 5 nitrogen and oxygen atoms in total. The number of carbonyl (C=O) groups is 2. The molecule has 0 aromatic carbocycles. The zero-order valence-electron chi connectivity index (χ0n) is 9.48. The maximum Gasteiger partial charge on any atom is 0.326 e. The summed E-state index contributed by atoms with van der Waals surface area (Å²) in [6.45, 7) is 4.25.